The molecule has 1 heterocycles. The molecule has 0 aromatic carbocycles. The number of nitrogens with zero attached hydrogens (tertiary/aromatic N) is 3. The van der Waals surface area contributed by atoms with E-state index in [-0.39, 0.29) is 0 Å². The molecule has 0 aliphatic carbocycles. The van der Waals surface area contributed by atoms with Gasteiger partial charge in [-0.25, -0.2) is 4.68 Å². The van der Waals surface area contributed by atoms with Crippen molar-refractivity contribution < 1.29 is 0 Å². The first-order valence-electron chi connectivity index (χ1n) is 7.39. The number of hydrogen-bond acceptors (Lipinski definition) is 3. The highest BCUT2D eigenvalue weighted by Gasteiger charge is 2.02. The molecule has 18 heavy (non-hydrogen) atoms. The van der Waals surface area contributed by atoms with E-state index >= 15 is 0 Å². The van der Waals surface area contributed by atoms with Crippen molar-refractivity contribution in [2.24, 2.45) is 7.05 Å². The average molecular weight is 252 g/mol. The summed E-state index contributed by atoms with van der Waals surface area (Å²) in [5.41, 5.74) is 5.64. The minimum Gasteiger partial charge on any atom is -0.368 e. The van der Waals surface area contributed by atoms with Crippen LogP contribution >= 0.6 is 0 Å². The van der Waals surface area contributed by atoms with Crippen molar-refractivity contribution in [3.05, 3.63) is 5.82 Å². The molecule has 0 aliphatic rings. The maximum atomic E-state index is 5.64. The van der Waals surface area contributed by atoms with Gasteiger partial charge in [0.25, 0.3) is 0 Å². The van der Waals surface area contributed by atoms with Crippen molar-refractivity contribution >= 4 is 5.95 Å². The van der Waals surface area contributed by atoms with Crippen LogP contribution in [0.15, 0.2) is 0 Å². The molecule has 4 nitrogen and oxygen atoms in total. The number of rotatable bonds is 10. The summed E-state index contributed by atoms with van der Waals surface area (Å²) in [6.45, 7) is 2.26. The Labute approximate surface area is 111 Å². The molecule has 0 amide bonds. The molecule has 0 bridgehead atoms. The predicted octanol–water partition coefficient (Wildman–Crippen LogP) is 3.47. The number of unbranched alkanes of at least 4 members (excludes halogenated alkanes) is 8. The molecule has 4 heteroatoms. The molecule has 104 valence electrons. The van der Waals surface area contributed by atoms with Crippen molar-refractivity contribution in [3.8, 4) is 0 Å². The van der Waals surface area contributed by atoms with Crippen molar-refractivity contribution in [2.45, 2.75) is 71.1 Å². The van der Waals surface area contributed by atoms with Crippen LogP contribution < -0.4 is 5.73 Å². The zero-order valence-corrected chi connectivity index (χ0v) is 12.0. The minimum atomic E-state index is 0.515. The van der Waals surface area contributed by atoms with E-state index in [9.17, 15) is 0 Å². The lowest BCUT2D eigenvalue weighted by Crippen LogP contribution is -1.97. The van der Waals surface area contributed by atoms with Gasteiger partial charge in [-0.1, -0.05) is 58.3 Å². The SMILES string of the molecule is CCCCCCCCCCCc1nc(N)n(C)n1. The summed E-state index contributed by atoms with van der Waals surface area (Å²) in [5.74, 6) is 1.40. The molecule has 0 radical (unpaired) electrons. The second kappa shape index (κ2) is 8.95. The zero-order chi connectivity index (χ0) is 13.2. The molecule has 0 saturated heterocycles. The first-order valence-corrected chi connectivity index (χ1v) is 7.39. The summed E-state index contributed by atoms with van der Waals surface area (Å²) >= 11 is 0. The second-order valence-corrected chi connectivity index (χ2v) is 5.09. The Balaban J connectivity index is 1.92. The van der Waals surface area contributed by atoms with Crippen LogP contribution in [0.2, 0.25) is 0 Å². The number of anilines is 1. The van der Waals surface area contributed by atoms with Crippen molar-refractivity contribution in [2.75, 3.05) is 5.73 Å². The third-order valence-corrected chi connectivity index (χ3v) is 3.34. The Morgan fingerprint density at radius 2 is 1.50 bits per heavy atom. The van der Waals surface area contributed by atoms with Gasteiger partial charge < -0.3 is 5.73 Å². The minimum absolute atomic E-state index is 0.515. The van der Waals surface area contributed by atoms with Crippen molar-refractivity contribution in [1.82, 2.24) is 14.8 Å². The lowest BCUT2D eigenvalue weighted by molar-refractivity contribution is 0.561. The van der Waals surface area contributed by atoms with Crippen LogP contribution in [0.3, 0.4) is 0 Å². The maximum absolute atomic E-state index is 5.64. The number of nitrogens with two attached hydrogens (primary N) is 1. The summed E-state index contributed by atoms with van der Waals surface area (Å²) in [7, 11) is 1.84. The quantitative estimate of drug-likeness (QED) is 0.649. The molecular formula is C14H28N4. The largest absolute Gasteiger partial charge is 0.368 e. The molecule has 0 fully saturated rings. The van der Waals surface area contributed by atoms with Crippen LogP contribution in [-0.2, 0) is 13.5 Å². The fourth-order valence-electron chi connectivity index (χ4n) is 2.15. The van der Waals surface area contributed by atoms with E-state index in [2.05, 4.69) is 17.0 Å². The van der Waals surface area contributed by atoms with Gasteiger partial charge in [-0.3, -0.25) is 0 Å². The summed E-state index contributed by atoms with van der Waals surface area (Å²) in [4.78, 5) is 4.21. The smallest absolute Gasteiger partial charge is 0.218 e. The predicted molar refractivity (Wildman–Crippen MR) is 76.3 cm³/mol. The summed E-state index contributed by atoms with van der Waals surface area (Å²) in [6, 6.07) is 0. The number of hydrogen-bond donors (Lipinski definition) is 1. The summed E-state index contributed by atoms with van der Waals surface area (Å²) in [6.07, 6.45) is 13.1. The summed E-state index contributed by atoms with van der Waals surface area (Å²) in [5, 5.41) is 4.26. The lowest BCUT2D eigenvalue weighted by atomic mass is 10.1. The highest BCUT2D eigenvalue weighted by molar-refractivity contribution is 5.15. The van der Waals surface area contributed by atoms with E-state index in [4.69, 9.17) is 5.73 Å². The Kier molecular flexibility index (Phi) is 7.46. The first-order chi connectivity index (χ1) is 8.74. The maximum Gasteiger partial charge on any atom is 0.218 e. The van der Waals surface area contributed by atoms with Gasteiger partial charge in [0.05, 0.1) is 0 Å². The molecule has 0 atom stereocenters. The molecule has 0 saturated carbocycles. The monoisotopic (exact) mass is 252 g/mol. The molecule has 0 spiro atoms. The van der Waals surface area contributed by atoms with Gasteiger partial charge in [0.1, 0.15) is 0 Å². The summed E-state index contributed by atoms with van der Waals surface area (Å²) < 4.78 is 1.64. The third kappa shape index (κ3) is 6.03. The molecule has 1 aromatic heterocycles. The highest BCUT2D eigenvalue weighted by Crippen LogP contribution is 2.11. The van der Waals surface area contributed by atoms with Crippen LogP contribution in [0.25, 0.3) is 0 Å². The Hall–Kier alpha value is -1.06. The van der Waals surface area contributed by atoms with E-state index in [0.717, 1.165) is 12.2 Å². The molecule has 2 N–H and O–H groups in total. The van der Waals surface area contributed by atoms with Gasteiger partial charge in [-0.05, 0) is 6.42 Å². The second-order valence-electron chi connectivity index (χ2n) is 5.09. The van der Waals surface area contributed by atoms with Crippen molar-refractivity contribution in [1.29, 1.82) is 0 Å². The van der Waals surface area contributed by atoms with E-state index < -0.39 is 0 Å². The molecule has 0 unspecified atom stereocenters. The van der Waals surface area contributed by atoms with E-state index in [0.29, 0.717) is 5.95 Å². The topological polar surface area (TPSA) is 56.7 Å². The number of aryl methyl sites for hydroxylation is 2. The molecular weight excluding hydrogens is 224 g/mol. The van der Waals surface area contributed by atoms with Gasteiger partial charge in [0, 0.05) is 13.5 Å². The fraction of sp³-hybridized carbons (Fsp3) is 0.857. The molecule has 1 aromatic rings. The number of nitrogen functional groups attached to an aromatic ring is 1. The van der Waals surface area contributed by atoms with Crippen LogP contribution in [0.4, 0.5) is 5.95 Å². The van der Waals surface area contributed by atoms with Crippen LogP contribution in [-0.4, -0.2) is 14.8 Å². The van der Waals surface area contributed by atoms with Gasteiger partial charge in [-0.2, -0.15) is 10.1 Å². The zero-order valence-electron chi connectivity index (χ0n) is 12.0. The van der Waals surface area contributed by atoms with Gasteiger partial charge >= 0.3 is 0 Å². The normalized spacial score (nSPS) is 11.0. The van der Waals surface area contributed by atoms with Crippen LogP contribution in [0, 0.1) is 0 Å². The fourth-order valence-corrected chi connectivity index (χ4v) is 2.15. The Bertz CT molecular complexity index is 300. The van der Waals surface area contributed by atoms with Gasteiger partial charge in [0.15, 0.2) is 5.82 Å². The van der Waals surface area contributed by atoms with Crippen LogP contribution in [0.5, 0.6) is 0 Å². The molecule has 0 aliphatic heterocycles. The van der Waals surface area contributed by atoms with E-state index in [1.807, 2.05) is 7.05 Å². The van der Waals surface area contributed by atoms with E-state index in [1.165, 1.54) is 57.8 Å². The standard InChI is InChI=1S/C14H28N4/c1-3-4-5-6-7-8-9-10-11-12-13-16-14(15)18(2)17-13/h3-12H2,1-2H3,(H2,15,16,17). The molecule has 1 rings (SSSR count). The van der Waals surface area contributed by atoms with Gasteiger partial charge in [0.2, 0.25) is 5.95 Å². The average Bonchev–Trinajstić information content (AvgIpc) is 2.67. The van der Waals surface area contributed by atoms with Crippen LogP contribution in [0.1, 0.15) is 70.5 Å². The Morgan fingerprint density at radius 1 is 0.944 bits per heavy atom. The van der Waals surface area contributed by atoms with Crippen molar-refractivity contribution in [3.63, 3.8) is 0 Å². The first kappa shape index (κ1) is 15.0. The van der Waals surface area contributed by atoms with Gasteiger partial charge in [-0.15, -0.1) is 0 Å². The Morgan fingerprint density at radius 3 is 2.00 bits per heavy atom. The lowest BCUT2D eigenvalue weighted by Gasteiger charge is -2.00. The number of aromatic nitrogens is 3. The highest BCUT2D eigenvalue weighted by atomic mass is 15.4. The van der Waals surface area contributed by atoms with E-state index in [1.54, 1.807) is 4.68 Å². The third-order valence-electron chi connectivity index (χ3n) is 3.34.